The molecule has 0 saturated heterocycles. The number of hydrogen-bond donors (Lipinski definition) is 3. The van der Waals surface area contributed by atoms with Crippen molar-refractivity contribution in [1.29, 1.82) is 0 Å². The van der Waals surface area contributed by atoms with E-state index in [1.807, 2.05) is 0 Å². The summed E-state index contributed by atoms with van der Waals surface area (Å²) in [5.41, 5.74) is -0.830. The number of urea groups is 1. The minimum atomic E-state index is -4.47. The molecular formula is C18H27F3N4O2. The summed E-state index contributed by atoms with van der Waals surface area (Å²) in [6, 6.07) is 1.81. The summed E-state index contributed by atoms with van der Waals surface area (Å²) in [5, 5.41) is 7.85. The Hall–Kier alpha value is -2.03. The van der Waals surface area contributed by atoms with Gasteiger partial charge in [0.15, 0.2) is 0 Å². The summed E-state index contributed by atoms with van der Waals surface area (Å²) < 4.78 is 44.3. The smallest absolute Gasteiger partial charge is 0.376 e. The highest BCUT2D eigenvalue weighted by molar-refractivity contribution is 5.73. The van der Waals surface area contributed by atoms with E-state index in [9.17, 15) is 18.0 Å². The SMILES string of the molecule is CC1CCCCC1OCCNC(=O)NCCNc1ncccc1C(F)(F)F. The summed E-state index contributed by atoms with van der Waals surface area (Å²) >= 11 is 0. The van der Waals surface area contributed by atoms with E-state index in [1.54, 1.807) is 0 Å². The predicted octanol–water partition coefficient (Wildman–Crippen LogP) is 3.41. The lowest BCUT2D eigenvalue weighted by Crippen LogP contribution is -2.40. The van der Waals surface area contributed by atoms with E-state index >= 15 is 0 Å². The molecule has 27 heavy (non-hydrogen) atoms. The molecule has 0 aliphatic heterocycles. The van der Waals surface area contributed by atoms with Crippen LogP contribution in [-0.4, -0.2) is 43.4 Å². The zero-order valence-corrected chi connectivity index (χ0v) is 15.4. The average Bonchev–Trinajstić information content (AvgIpc) is 2.63. The van der Waals surface area contributed by atoms with Gasteiger partial charge in [-0.25, -0.2) is 9.78 Å². The number of alkyl halides is 3. The Morgan fingerprint density at radius 3 is 2.70 bits per heavy atom. The van der Waals surface area contributed by atoms with Crippen LogP contribution in [0.2, 0.25) is 0 Å². The number of anilines is 1. The Kier molecular flexibility index (Phi) is 8.15. The monoisotopic (exact) mass is 388 g/mol. The highest BCUT2D eigenvalue weighted by atomic mass is 19.4. The molecule has 1 aromatic heterocycles. The van der Waals surface area contributed by atoms with Crippen molar-refractivity contribution in [2.24, 2.45) is 5.92 Å². The first-order chi connectivity index (χ1) is 12.9. The minimum absolute atomic E-state index is 0.129. The van der Waals surface area contributed by atoms with Gasteiger partial charge >= 0.3 is 12.2 Å². The van der Waals surface area contributed by atoms with Gasteiger partial charge in [0.2, 0.25) is 0 Å². The van der Waals surface area contributed by atoms with Crippen LogP contribution in [0.5, 0.6) is 0 Å². The zero-order chi connectivity index (χ0) is 19.7. The first-order valence-electron chi connectivity index (χ1n) is 9.27. The van der Waals surface area contributed by atoms with Crippen LogP contribution >= 0.6 is 0 Å². The average molecular weight is 388 g/mol. The third-order valence-corrected chi connectivity index (χ3v) is 4.57. The second kappa shape index (κ2) is 10.3. The van der Waals surface area contributed by atoms with E-state index in [0.29, 0.717) is 19.1 Å². The van der Waals surface area contributed by atoms with Gasteiger partial charge in [-0.05, 0) is 30.9 Å². The molecule has 9 heteroatoms. The number of pyridine rings is 1. The standard InChI is InChI=1S/C18H27F3N4O2/c1-13-5-2-3-7-15(13)27-12-11-25-17(26)24-10-9-23-16-14(18(19,20)21)6-4-8-22-16/h4,6,8,13,15H,2-3,5,7,9-12H2,1H3,(H,22,23)(H2,24,25,26). The van der Waals surface area contributed by atoms with Crippen LogP contribution in [-0.2, 0) is 10.9 Å². The number of hydrogen-bond acceptors (Lipinski definition) is 4. The molecule has 3 N–H and O–H groups in total. The number of nitrogens with one attached hydrogen (secondary N) is 3. The molecule has 1 fully saturated rings. The largest absolute Gasteiger partial charge is 0.419 e. The number of aromatic nitrogens is 1. The molecule has 1 heterocycles. The van der Waals surface area contributed by atoms with Crippen LogP contribution in [0.3, 0.4) is 0 Å². The van der Waals surface area contributed by atoms with Gasteiger partial charge in [0.05, 0.1) is 18.3 Å². The fourth-order valence-electron chi connectivity index (χ4n) is 3.10. The van der Waals surface area contributed by atoms with Crippen LogP contribution in [0.4, 0.5) is 23.8 Å². The topological polar surface area (TPSA) is 75.3 Å². The predicted molar refractivity (Wildman–Crippen MR) is 96.5 cm³/mol. The molecule has 0 spiro atoms. The Morgan fingerprint density at radius 1 is 1.22 bits per heavy atom. The summed E-state index contributed by atoms with van der Waals surface area (Å²) in [6.45, 7) is 3.32. The molecule has 2 atom stereocenters. The van der Waals surface area contributed by atoms with Crippen molar-refractivity contribution >= 4 is 11.8 Å². The van der Waals surface area contributed by atoms with Gasteiger partial charge in [-0.2, -0.15) is 13.2 Å². The van der Waals surface area contributed by atoms with Crippen LogP contribution in [0.1, 0.15) is 38.2 Å². The Balaban J connectivity index is 1.59. The lowest BCUT2D eigenvalue weighted by molar-refractivity contribution is -0.137. The molecule has 0 radical (unpaired) electrons. The maximum absolute atomic E-state index is 12.8. The van der Waals surface area contributed by atoms with E-state index in [0.717, 1.165) is 12.5 Å². The highest BCUT2D eigenvalue weighted by Crippen LogP contribution is 2.33. The fourth-order valence-corrected chi connectivity index (χ4v) is 3.10. The second-order valence-electron chi connectivity index (χ2n) is 6.68. The number of carbonyl (C=O) groups excluding carboxylic acids is 1. The normalized spacial score (nSPS) is 20.1. The number of amides is 2. The number of halogens is 3. The van der Waals surface area contributed by atoms with Gasteiger partial charge in [-0.15, -0.1) is 0 Å². The third kappa shape index (κ3) is 7.24. The van der Waals surface area contributed by atoms with Crippen molar-refractivity contribution in [3.63, 3.8) is 0 Å². The third-order valence-electron chi connectivity index (χ3n) is 4.57. The highest BCUT2D eigenvalue weighted by Gasteiger charge is 2.33. The van der Waals surface area contributed by atoms with Crippen LogP contribution in [0.25, 0.3) is 0 Å². The molecule has 2 unspecified atom stereocenters. The first kappa shape index (κ1) is 21.3. The van der Waals surface area contributed by atoms with Gasteiger partial charge in [0.25, 0.3) is 0 Å². The van der Waals surface area contributed by atoms with Crippen molar-refractivity contribution in [2.45, 2.75) is 44.9 Å². The van der Waals surface area contributed by atoms with Crippen LogP contribution < -0.4 is 16.0 Å². The Labute approximate surface area is 157 Å². The van der Waals surface area contributed by atoms with Crippen molar-refractivity contribution < 1.29 is 22.7 Å². The van der Waals surface area contributed by atoms with E-state index in [-0.39, 0.29) is 31.0 Å². The molecule has 6 nitrogen and oxygen atoms in total. The lowest BCUT2D eigenvalue weighted by atomic mass is 9.88. The van der Waals surface area contributed by atoms with E-state index in [4.69, 9.17) is 4.74 Å². The Bertz CT molecular complexity index is 598. The molecule has 1 saturated carbocycles. The molecule has 0 aromatic carbocycles. The molecule has 152 valence electrons. The van der Waals surface area contributed by atoms with Crippen LogP contribution in [0, 0.1) is 5.92 Å². The molecule has 1 aromatic rings. The number of rotatable bonds is 8. The van der Waals surface area contributed by atoms with Gasteiger partial charge in [0.1, 0.15) is 5.82 Å². The zero-order valence-electron chi connectivity index (χ0n) is 15.4. The first-order valence-corrected chi connectivity index (χ1v) is 9.27. The molecule has 1 aliphatic carbocycles. The summed E-state index contributed by atoms with van der Waals surface area (Å²) in [5.74, 6) is 0.300. The van der Waals surface area contributed by atoms with E-state index < -0.39 is 11.7 Å². The summed E-state index contributed by atoms with van der Waals surface area (Å²) in [6.07, 6.45) is 1.74. The molecule has 2 rings (SSSR count). The lowest BCUT2D eigenvalue weighted by Gasteiger charge is -2.28. The molecule has 0 bridgehead atoms. The molecule has 2 amide bonds. The fraction of sp³-hybridized carbons (Fsp3) is 0.667. The number of ether oxygens (including phenoxy) is 1. The van der Waals surface area contributed by atoms with E-state index in [2.05, 4.69) is 27.9 Å². The van der Waals surface area contributed by atoms with Crippen LogP contribution in [0.15, 0.2) is 18.3 Å². The van der Waals surface area contributed by atoms with Crippen molar-refractivity contribution in [3.8, 4) is 0 Å². The van der Waals surface area contributed by atoms with E-state index in [1.165, 1.54) is 31.5 Å². The maximum atomic E-state index is 12.8. The second-order valence-corrected chi connectivity index (χ2v) is 6.68. The van der Waals surface area contributed by atoms with Gasteiger partial charge < -0.3 is 20.7 Å². The van der Waals surface area contributed by atoms with Crippen molar-refractivity contribution in [1.82, 2.24) is 15.6 Å². The number of carbonyl (C=O) groups is 1. The quantitative estimate of drug-likeness (QED) is 0.597. The molecule has 1 aliphatic rings. The van der Waals surface area contributed by atoms with Gasteiger partial charge in [0, 0.05) is 25.8 Å². The van der Waals surface area contributed by atoms with Crippen molar-refractivity contribution in [2.75, 3.05) is 31.6 Å². The number of nitrogens with zero attached hydrogens (tertiary/aromatic N) is 1. The van der Waals surface area contributed by atoms with Gasteiger partial charge in [-0.3, -0.25) is 0 Å². The van der Waals surface area contributed by atoms with Crippen molar-refractivity contribution in [3.05, 3.63) is 23.9 Å². The maximum Gasteiger partial charge on any atom is 0.419 e. The Morgan fingerprint density at radius 2 is 1.96 bits per heavy atom. The van der Waals surface area contributed by atoms with Gasteiger partial charge in [-0.1, -0.05) is 19.8 Å². The summed E-state index contributed by atoms with van der Waals surface area (Å²) in [7, 11) is 0. The summed E-state index contributed by atoms with van der Waals surface area (Å²) in [4.78, 5) is 15.4. The molecular weight excluding hydrogens is 361 g/mol. The minimum Gasteiger partial charge on any atom is -0.376 e.